The monoisotopic (exact) mass is 368 g/mol. The summed E-state index contributed by atoms with van der Waals surface area (Å²) in [7, 11) is 0. The Morgan fingerprint density at radius 3 is 2.65 bits per heavy atom. The number of thiophene rings is 1. The molecule has 2 amide bonds. The molecule has 4 nitrogen and oxygen atoms in total. The van der Waals surface area contributed by atoms with Gasteiger partial charge in [0.2, 0.25) is 0 Å². The molecule has 1 N–H and O–H groups in total. The quantitative estimate of drug-likeness (QED) is 0.555. The first kappa shape index (κ1) is 18.3. The molecule has 0 aliphatic rings. The fourth-order valence-electron chi connectivity index (χ4n) is 2.79. The van der Waals surface area contributed by atoms with Crippen molar-refractivity contribution in [1.82, 2.24) is 10.2 Å². The Bertz CT molecular complexity index is 755. The topological polar surface area (TPSA) is 45.5 Å². The van der Waals surface area contributed by atoms with Crippen LogP contribution in [-0.4, -0.2) is 24.0 Å². The van der Waals surface area contributed by atoms with Crippen LogP contribution in [0.3, 0.4) is 0 Å². The Labute approximate surface area is 158 Å². The molecule has 3 aromatic rings. The number of hydrogen-bond acceptors (Lipinski definition) is 3. The zero-order valence-corrected chi connectivity index (χ0v) is 15.6. The Morgan fingerprint density at radius 1 is 1.04 bits per heavy atom. The zero-order valence-electron chi connectivity index (χ0n) is 14.8. The molecule has 0 aliphatic carbocycles. The third-order valence-electron chi connectivity index (χ3n) is 4.18. The predicted molar refractivity (Wildman–Crippen MR) is 105 cm³/mol. The van der Waals surface area contributed by atoms with E-state index in [1.807, 2.05) is 41.3 Å². The van der Waals surface area contributed by atoms with Crippen molar-refractivity contribution in [3.63, 3.8) is 0 Å². The van der Waals surface area contributed by atoms with E-state index in [1.165, 1.54) is 10.4 Å². The van der Waals surface area contributed by atoms with Crippen LogP contribution >= 0.6 is 11.3 Å². The lowest BCUT2D eigenvalue weighted by molar-refractivity contribution is 0.191. The van der Waals surface area contributed by atoms with Crippen LogP contribution in [0.4, 0.5) is 4.79 Å². The second-order valence-corrected chi connectivity index (χ2v) is 7.18. The Morgan fingerprint density at radius 2 is 1.92 bits per heavy atom. The number of carbonyl (C=O) groups excluding carboxylic acids is 1. The highest BCUT2D eigenvalue weighted by Gasteiger charge is 2.15. The van der Waals surface area contributed by atoms with Crippen molar-refractivity contribution >= 4 is 17.4 Å². The molecule has 3 rings (SSSR count). The van der Waals surface area contributed by atoms with E-state index < -0.39 is 0 Å². The van der Waals surface area contributed by atoms with E-state index in [9.17, 15) is 4.79 Å². The SMILES string of the molecule is O=C(NCCCc1ccccc1)N(CCc1cccs1)Cc1ccco1. The lowest BCUT2D eigenvalue weighted by Gasteiger charge is -2.22. The molecular formula is C21H24N2O2S. The third kappa shape index (κ3) is 5.77. The van der Waals surface area contributed by atoms with Crippen molar-refractivity contribution in [2.75, 3.05) is 13.1 Å². The van der Waals surface area contributed by atoms with E-state index >= 15 is 0 Å². The highest BCUT2D eigenvalue weighted by molar-refractivity contribution is 7.09. The largest absolute Gasteiger partial charge is 0.467 e. The molecule has 26 heavy (non-hydrogen) atoms. The van der Waals surface area contributed by atoms with Crippen LogP contribution in [0.1, 0.15) is 22.6 Å². The van der Waals surface area contributed by atoms with Gasteiger partial charge in [0, 0.05) is 18.0 Å². The summed E-state index contributed by atoms with van der Waals surface area (Å²) in [4.78, 5) is 15.7. The minimum atomic E-state index is -0.0361. The predicted octanol–water partition coefficient (Wildman–Crippen LogP) is 4.73. The third-order valence-corrected chi connectivity index (χ3v) is 5.12. The summed E-state index contributed by atoms with van der Waals surface area (Å²) in [5.74, 6) is 0.801. The first-order valence-electron chi connectivity index (χ1n) is 8.93. The number of nitrogens with one attached hydrogen (secondary N) is 1. The van der Waals surface area contributed by atoms with Gasteiger partial charge in [0.1, 0.15) is 5.76 Å². The summed E-state index contributed by atoms with van der Waals surface area (Å²) in [6.45, 7) is 1.83. The first-order valence-corrected chi connectivity index (χ1v) is 9.81. The van der Waals surface area contributed by atoms with Crippen LogP contribution < -0.4 is 5.32 Å². The number of urea groups is 1. The maximum Gasteiger partial charge on any atom is 0.317 e. The summed E-state index contributed by atoms with van der Waals surface area (Å²) >= 11 is 1.72. The summed E-state index contributed by atoms with van der Waals surface area (Å²) in [5.41, 5.74) is 1.30. The van der Waals surface area contributed by atoms with Crippen molar-refractivity contribution in [1.29, 1.82) is 0 Å². The Kier molecular flexibility index (Phi) is 6.90. The molecule has 0 atom stereocenters. The number of rotatable bonds is 9. The lowest BCUT2D eigenvalue weighted by atomic mass is 10.1. The van der Waals surface area contributed by atoms with Crippen LogP contribution in [0.15, 0.2) is 70.7 Å². The molecule has 0 fully saturated rings. The minimum Gasteiger partial charge on any atom is -0.467 e. The van der Waals surface area contributed by atoms with Gasteiger partial charge in [-0.1, -0.05) is 36.4 Å². The standard InChI is InChI=1S/C21H24N2O2S/c24-21(22-13-4-9-18-7-2-1-3-8-18)23(17-19-10-5-15-25-19)14-12-20-11-6-16-26-20/h1-3,5-8,10-11,15-16H,4,9,12-14,17H2,(H,22,24). The number of amides is 2. The van der Waals surface area contributed by atoms with Gasteiger partial charge in [-0.05, 0) is 48.4 Å². The fraction of sp³-hybridized carbons (Fsp3) is 0.286. The number of carbonyl (C=O) groups is 1. The van der Waals surface area contributed by atoms with Crippen LogP contribution in [0.25, 0.3) is 0 Å². The molecule has 0 aliphatic heterocycles. The van der Waals surface area contributed by atoms with Crippen LogP contribution in [0.2, 0.25) is 0 Å². The maximum atomic E-state index is 12.6. The molecule has 0 spiro atoms. The number of aryl methyl sites for hydroxylation is 1. The van der Waals surface area contributed by atoms with E-state index in [-0.39, 0.29) is 6.03 Å². The zero-order chi connectivity index (χ0) is 18.0. The molecule has 136 valence electrons. The van der Waals surface area contributed by atoms with Gasteiger partial charge in [0.15, 0.2) is 0 Å². The molecule has 2 heterocycles. The van der Waals surface area contributed by atoms with Crippen LogP contribution in [-0.2, 0) is 19.4 Å². The van der Waals surface area contributed by atoms with Gasteiger partial charge in [-0.25, -0.2) is 4.79 Å². The fourth-order valence-corrected chi connectivity index (χ4v) is 3.49. The van der Waals surface area contributed by atoms with Gasteiger partial charge in [0.25, 0.3) is 0 Å². The molecule has 0 bridgehead atoms. The smallest absolute Gasteiger partial charge is 0.317 e. The number of furan rings is 1. The van der Waals surface area contributed by atoms with Gasteiger partial charge in [-0.2, -0.15) is 0 Å². The molecule has 0 saturated carbocycles. The number of nitrogens with zero attached hydrogens (tertiary/aromatic N) is 1. The van der Waals surface area contributed by atoms with Gasteiger partial charge in [-0.15, -0.1) is 11.3 Å². The van der Waals surface area contributed by atoms with Gasteiger partial charge < -0.3 is 14.6 Å². The second-order valence-electron chi connectivity index (χ2n) is 6.15. The van der Waals surface area contributed by atoms with Crippen LogP contribution in [0, 0.1) is 0 Å². The van der Waals surface area contributed by atoms with Crippen molar-refractivity contribution in [3.05, 3.63) is 82.4 Å². The van der Waals surface area contributed by atoms with E-state index in [0.29, 0.717) is 19.6 Å². The maximum absolute atomic E-state index is 12.6. The Balaban J connectivity index is 1.48. The summed E-state index contributed by atoms with van der Waals surface area (Å²) in [5, 5.41) is 5.11. The normalized spacial score (nSPS) is 10.6. The minimum absolute atomic E-state index is 0.0361. The highest BCUT2D eigenvalue weighted by Crippen LogP contribution is 2.12. The molecule has 1 aromatic carbocycles. The highest BCUT2D eigenvalue weighted by atomic mass is 32.1. The summed E-state index contributed by atoms with van der Waals surface area (Å²) < 4.78 is 5.42. The summed E-state index contributed by atoms with van der Waals surface area (Å²) in [6, 6.07) is 18.2. The molecule has 5 heteroatoms. The second kappa shape index (κ2) is 9.82. The average Bonchev–Trinajstić information content (AvgIpc) is 3.36. The first-order chi connectivity index (χ1) is 12.8. The average molecular weight is 369 g/mol. The van der Waals surface area contributed by atoms with Gasteiger partial charge in [0.05, 0.1) is 12.8 Å². The van der Waals surface area contributed by atoms with E-state index in [4.69, 9.17) is 4.42 Å². The number of hydrogen-bond donors (Lipinski definition) is 1. The summed E-state index contributed by atoms with van der Waals surface area (Å²) in [6.07, 6.45) is 4.39. The van der Waals surface area contributed by atoms with Gasteiger partial charge in [-0.3, -0.25) is 0 Å². The molecule has 0 saturated heterocycles. The molecular weight excluding hydrogens is 344 g/mol. The Hall–Kier alpha value is -2.53. The molecule has 0 unspecified atom stereocenters. The lowest BCUT2D eigenvalue weighted by Crippen LogP contribution is -2.41. The molecule has 0 radical (unpaired) electrons. The van der Waals surface area contributed by atoms with Crippen molar-refractivity contribution in [2.45, 2.75) is 25.8 Å². The van der Waals surface area contributed by atoms with E-state index in [1.54, 1.807) is 17.6 Å². The van der Waals surface area contributed by atoms with Crippen molar-refractivity contribution < 1.29 is 9.21 Å². The molecule has 2 aromatic heterocycles. The van der Waals surface area contributed by atoms with Gasteiger partial charge >= 0.3 is 6.03 Å². The van der Waals surface area contributed by atoms with E-state index in [2.05, 4.69) is 28.9 Å². The van der Waals surface area contributed by atoms with Crippen LogP contribution in [0.5, 0.6) is 0 Å². The van der Waals surface area contributed by atoms with Crippen molar-refractivity contribution in [3.8, 4) is 0 Å². The number of benzene rings is 1. The van der Waals surface area contributed by atoms with Crippen molar-refractivity contribution in [2.24, 2.45) is 0 Å². The van der Waals surface area contributed by atoms with E-state index in [0.717, 1.165) is 25.0 Å².